The second kappa shape index (κ2) is 3.32. The average Bonchev–Trinajstić information content (AvgIpc) is 2.18. The molecule has 0 spiro atoms. The van der Waals surface area contributed by atoms with E-state index in [1.165, 1.54) is 0 Å². The first-order valence-electron chi connectivity index (χ1n) is 5.27. The first kappa shape index (κ1) is 10.6. The number of amides is 1. The van der Waals surface area contributed by atoms with Gasteiger partial charge >= 0.3 is 6.09 Å². The summed E-state index contributed by atoms with van der Waals surface area (Å²) in [4.78, 5) is 10.6. The zero-order valence-electron chi connectivity index (χ0n) is 8.43. The third-order valence-corrected chi connectivity index (χ3v) is 4.14. The van der Waals surface area contributed by atoms with Crippen molar-refractivity contribution in [3.05, 3.63) is 0 Å². The molecule has 0 atom stereocenters. The molecule has 1 amide bonds. The Bertz CT molecular complexity index is 256. The van der Waals surface area contributed by atoms with Crippen molar-refractivity contribution in [1.82, 2.24) is 5.32 Å². The first-order valence-corrected chi connectivity index (χ1v) is 5.27. The Morgan fingerprint density at radius 3 is 1.93 bits per heavy atom. The molecule has 2 bridgehead atoms. The number of nitrogens with one attached hydrogen (secondary N) is 1. The van der Waals surface area contributed by atoms with Crippen molar-refractivity contribution in [2.45, 2.75) is 50.5 Å². The molecule has 0 saturated heterocycles. The number of hydrogen-bond acceptors (Lipinski definition) is 1. The zero-order valence-corrected chi connectivity index (χ0v) is 8.43. The Kier molecular flexibility index (Phi) is 2.35. The van der Waals surface area contributed by atoms with Crippen LogP contribution in [-0.4, -0.2) is 23.2 Å². The predicted molar refractivity (Wildman–Crippen MR) is 50.0 cm³/mol. The fraction of sp³-hybridized carbons (Fsp3) is 0.900. The molecule has 3 rings (SSSR count). The molecule has 0 aliphatic heterocycles. The fourth-order valence-corrected chi connectivity index (χ4v) is 2.96. The van der Waals surface area contributed by atoms with Crippen molar-refractivity contribution in [2.75, 3.05) is 0 Å². The SMILES string of the molecule is O=C(O)NC12CCC(C(F)F)(CC1)CC2. The van der Waals surface area contributed by atoms with Crippen LogP contribution < -0.4 is 5.32 Å². The van der Waals surface area contributed by atoms with Crippen molar-refractivity contribution < 1.29 is 18.7 Å². The molecule has 3 aliphatic rings. The van der Waals surface area contributed by atoms with Gasteiger partial charge in [0.05, 0.1) is 0 Å². The van der Waals surface area contributed by atoms with Gasteiger partial charge in [-0.05, 0) is 38.5 Å². The average molecular weight is 219 g/mol. The van der Waals surface area contributed by atoms with Gasteiger partial charge in [-0.15, -0.1) is 0 Å². The quantitative estimate of drug-likeness (QED) is 0.750. The Hall–Kier alpha value is -0.870. The van der Waals surface area contributed by atoms with E-state index in [9.17, 15) is 13.6 Å². The summed E-state index contributed by atoms with van der Waals surface area (Å²) < 4.78 is 25.7. The van der Waals surface area contributed by atoms with Gasteiger partial charge in [-0.3, -0.25) is 0 Å². The molecule has 2 N–H and O–H groups in total. The van der Waals surface area contributed by atoms with Crippen molar-refractivity contribution in [3.8, 4) is 0 Å². The smallest absolute Gasteiger partial charge is 0.405 e. The van der Waals surface area contributed by atoms with Crippen LogP contribution in [0.2, 0.25) is 0 Å². The summed E-state index contributed by atoms with van der Waals surface area (Å²) in [6.07, 6.45) is -0.278. The Balaban J connectivity index is 2.07. The van der Waals surface area contributed by atoms with Gasteiger partial charge in [0.1, 0.15) is 0 Å². The van der Waals surface area contributed by atoms with Crippen molar-refractivity contribution >= 4 is 6.09 Å². The number of fused-ring (bicyclic) bond motifs is 3. The number of hydrogen-bond donors (Lipinski definition) is 2. The Morgan fingerprint density at radius 1 is 1.13 bits per heavy atom. The minimum atomic E-state index is -2.26. The molecule has 0 aromatic rings. The van der Waals surface area contributed by atoms with E-state index in [1.54, 1.807) is 0 Å². The molecule has 3 fully saturated rings. The lowest BCUT2D eigenvalue weighted by molar-refractivity contribution is -0.0876. The fourth-order valence-electron chi connectivity index (χ4n) is 2.96. The van der Waals surface area contributed by atoms with Gasteiger partial charge in [-0.2, -0.15) is 0 Å². The summed E-state index contributed by atoms with van der Waals surface area (Å²) in [6.45, 7) is 0. The largest absolute Gasteiger partial charge is 0.465 e. The normalized spacial score (nSPS) is 39.4. The van der Waals surface area contributed by atoms with E-state index >= 15 is 0 Å². The molecule has 0 heterocycles. The predicted octanol–water partition coefficient (Wildman–Crippen LogP) is 2.61. The molecule has 86 valence electrons. The van der Waals surface area contributed by atoms with Crippen molar-refractivity contribution in [2.24, 2.45) is 5.41 Å². The van der Waals surface area contributed by atoms with E-state index in [1.807, 2.05) is 0 Å². The van der Waals surface area contributed by atoms with Crippen molar-refractivity contribution in [1.29, 1.82) is 0 Å². The standard InChI is InChI=1S/C10H15F2NO2/c11-7(12)9-1-4-10(5-2-9,6-3-9)13-8(14)15/h7,13H,1-6H2,(H,14,15). The van der Waals surface area contributed by atoms with Gasteiger partial charge in [0.25, 0.3) is 0 Å². The minimum Gasteiger partial charge on any atom is -0.465 e. The molecule has 0 aromatic carbocycles. The second-order valence-corrected chi connectivity index (χ2v) is 4.87. The number of carboxylic acid groups (broad SMARTS) is 1. The summed E-state index contributed by atoms with van der Waals surface area (Å²) in [7, 11) is 0. The van der Waals surface area contributed by atoms with Crippen LogP contribution in [0.1, 0.15) is 38.5 Å². The molecular formula is C10H15F2NO2. The third-order valence-electron chi connectivity index (χ3n) is 4.14. The lowest BCUT2D eigenvalue weighted by Crippen LogP contribution is -2.57. The highest BCUT2D eigenvalue weighted by Gasteiger charge is 2.53. The number of alkyl halides is 2. The van der Waals surface area contributed by atoms with E-state index < -0.39 is 23.5 Å². The van der Waals surface area contributed by atoms with Crippen molar-refractivity contribution in [3.63, 3.8) is 0 Å². The van der Waals surface area contributed by atoms with E-state index in [4.69, 9.17) is 5.11 Å². The molecule has 0 aromatic heterocycles. The molecule has 15 heavy (non-hydrogen) atoms. The van der Waals surface area contributed by atoms with Crippen LogP contribution >= 0.6 is 0 Å². The van der Waals surface area contributed by atoms with Gasteiger partial charge in [0.15, 0.2) is 0 Å². The molecule has 5 heteroatoms. The van der Waals surface area contributed by atoms with E-state index in [-0.39, 0.29) is 0 Å². The maximum absolute atomic E-state index is 12.9. The topological polar surface area (TPSA) is 49.3 Å². The van der Waals surface area contributed by atoms with E-state index in [2.05, 4.69) is 5.32 Å². The highest BCUT2D eigenvalue weighted by atomic mass is 19.3. The third kappa shape index (κ3) is 1.68. The van der Waals surface area contributed by atoms with Gasteiger partial charge in [0, 0.05) is 11.0 Å². The summed E-state index contributed by atoms with van der Waals surface area (Å²) >= 11 is 0. The molecule has 3 nitrogen and oxygen atoms in total. The van der Waals surface area contributed by atoms with Crippen LogP contribution in [0.5, 0.6) is 0 Å². The Morgan fingerprint density at radius 2 is 1.60 bits per heavy atom. The summed E-state index contributed by atoms with van der Waals surface area (Å²) in [5.74, 6) is 0. The molecular weight excluding hydrogens is 204 g/mol. The maximum Gasteiger partial charge on any atom is 0.405 e. The van der Waals surface area contributed by atoms with Crippen LogP contribution in [0, 0.1) is 5.41 Å². The zero-order chi connectivity index (χ0) is 11.1. The van der Waals surface area contributed by atoms with Crippen LogP contribution in [0.15, 0.2) is 0 Å². The number of carbonyl (C=O) groups is 1. The number of rotatable bonds is 2. The second-order valence-electron chi connectivity index (χ2n) is 4.87. The summed E-state index contributed by atoms with van der Waals surface area (Å²) in [6, 6.07) is 0. The highest BCUT2D eigenvalue weighted by molar-refractivity contribution is 5.65. The van der Waals surface area contributed by atoms with E-state index in [0.717, 1.165) is 0 Å². The summed E-state index contributed by atoms with van der Waals surface area (Å²) in [5, 5.41) is 11.2. The van der Waals surface area contributed by atoms with E-state index in [0.29, 0.717) is 38.5 Å². The monoisotopic (exact) mass is 219 g/mol. The van der Waals surface area contributed by atoms with Crippen LogP contribution in [-0.2, 0) is 0 Å². The molecule has 3 aliphatic carbocycles. The van der Waals surface area contributed by atoms with Crippen LogP contribution in [0.25, 0.3) is 0 Å². The molecule has 0 radical (unpaired) electrons. The lowest BCUT2D eigenvalue weighted by atomic mass is 9.57. The molecule has 3 saturated carbocycles. The summed E-state index contributed by atoms with van der Waals surface area (Å²) in [5.41, 5.74) is -1.23. The minimum absolute atomic E-state index is 0.414. The highest BCUT2D eigenvalue weighted by Crippen LogP contribution is 2.55. The van der Waals surface area contributed by atoms with Gasteiger partial charge in [0.2, 0.25) is 6.43 Å². The number of halogens is 2. The van der Waals surface area contributed by atoms with Gasteiger partial charge < -0.3 is 10.4 Å². The maximum atomic E-state index is 12.9. The van der Waals surface area contributed by atoms with Crippen LogP contribution in [0.4, 0.5) is 13.6 Å². The lowest BCUT2D eigenvalue weighted by Gasteiger charge is -2.52. The Labute approximate surface area is 86.8 Å². The first-order chi connectivity index (χ1) is 6.98. The van der Waals surface area contributed by atoms with Gasteiger partial charge in [-0.1, -0.05) is 0 Å². The molecule has 0 unspecified atom stereocenters. The van der Waals surface area contributed by atoms with Crippen LogP contribution in [0.3, 0.4) is 0 Å². The van der Waals surface area contributed by atoms with Gasteiger partial charge in [-0.25, -0.2) is 13.6 Å².